The van der Waals surface area contributed by atoms with Crippen molar-refractivity contribution < 1.29 is 0 Å². The average Bonchev–Trinajstić information content (AvgIpc) is 2.87. The van der Waals surface area contributed by atoms with Crippen LogP contribution in [-0.2, 0) is 13.1 Å². The van der Waals surface area contributed by atoms with Gasteiger partial charge < -0.3 is 9.88 Å². The summed E-state index contributed by atoms with van der Waals surface area (Å²) in [5.74, 6) is 0. The topological polar surface area (TPSA) is 29.9 Å². The van der Waals surface area contributed by atoms with Gasteiger partial charge in [-0.25, -0.2) is 4.98 Å². The molecule has 0 saturated carbocycles. The van der Waals surface area contributed by atoms with Crippen LogP contribution in [0.5, 0.6) is 0 Å². The molecular weight excluding hydrogens is 234 g/mol. The van der Waals surface area contributed by atoms with E-state index in [0.29, 0.717) is 6.04 Å². The zero-order valence-electron chi connectivity index (χ0n) is 12.0. The Balaban J connectivity index is 1.99. The molecule has 0 bridgehead atoms. The number of hydrogen-bond acceptors (Lipinski definition) is 2. The molecule has 0 aliphatic rings. The normalized spacial score (nSPS) is 13.4. The molecule has 0 saturated heterocycles. The molecule has 1 unspecified atom stereocenters. The molecule has 0 spiro atoms. The van der Waals surface area contributed by atoms with Gasteiger partial charge in [0.15, 0.2) is 0 Å². The van der Waals surface area contributed by atoms with Crippen LogP contribution >= 0.6 is 0 Å². The third-order valence-electron chi connectivity index (χ3n) is 3.39. The van der Waals surface area contributed by atoms with Crippen molar-refractivity contribution in [3.8, 4) is 0 Å². The largest absolute Gasteiger partial charge is 0.336 e. The molecule has 3 heteroatoms. The molecule has 1 aromatic heterocycles. The maximum atomic E-state index is 4.11. The van der Waals surface area contributed by atoms with Crippen molar-refractivity contribution >= 4 is 0 Å². The number of rotatable bonds is 5. The van der Waals surface area contributed by atoms with Crippen molar-refractivity contribution in [2.24, 2.45) is 5.41 Å². The van der Waals surface area contributed by atoms with Gasteiger partial charge >= 0.3 is 0 Å². The third-order valence-corrected chi connectivity index (χ3v) is 3.39. The fourth-order valence-electron chi connectivity index (χ4n) is 2.09. The average molecular weight is 257 g/mol. The molecule has 1 atom stereocenters. The van der Waals surface area contributed by atoms with E-state index in [1.807, 2.05) is 18.7 Å². The summed E-state index contributed by atoms with van der Waals surface area (Å²) in [5, 5.41) is 3.67. The van der Waals surface area contributed by atoms with Crippen molar-refractivity contribution in [1.82, 2.24) is 14.9 Å². The van der Waals surface area contributed by atoms with Crippen LogP contribution < -0.4 is 5.32 Å². The van der Waals surface area contributed by atoms with Crippen LogP contribution in [0.1, 0.15) is 26.3 Å². The van der Waals surface area contributed by atoms with Gasteiger partial charge in [-0.3, -0.25) is 0 Å². The predicted octanol–water partition coefficient (Wildman–Crippen LogP) is 3.09. The van der Waals surface area contributed by atoms with Crippen molar-refractivity contribution in [3.63, 3.8) is 0 Å². The number of aromatic nitrogens is 2. The maximum absolute atomic E-state index is 4.11. The minimum Gasteiger partial charge on any atom is -0.336 e. The molecule has 2 aromatic rings. The van der Waals surface area contributed by atoms with Crippen LogP contribution in [0, 0.1) is 5.41 Å². The molecule has 19 heavy (non-hydrogen) atoms. The number of benzene rings is 1. The zero-order valence-corrected chi connectivity index (χ0v) is 12.0. The highest BCUT2D eigenvalue weighted by Gasteiger charge is 2.24. The molecular formula is C16H23N3. The Morgan fingerprint density at radius 3 is 2.53 bits per heavy atom. The summed E-state index contributed by atoms with van der Waals surface area (Å²) in [6.07, 6.45) is 5.72. The Morgan fingerprint density at radius 1 is 1.21 bits per heavy atom. The Labute approximate surface area is 115 Å². The van der Waals surface area contributed by atoms with Gasteiger partial charge in [0, 0.05) is 31.5 Å². The summed E-state index contributed by atoms with van der Waals surface area (Å²) in [5.41, 5.74) is 1.53. The molecule has 102 valence electrons. The molecule has 0 aliphatic carbocycles. The van der Waals surface area contributed by atoms with E-state index >= 15 is 0 Å². The number of hydrogen-bond donors (Lipinski definition) is 1. The highest BCUT2D eigenvalue weighted by atomic mass is 15.1. The third kappa shape index (κ3) is 4.21. The monoisotopic (exact) mass is 257 g/mol. The van der Waals surface area contributed by atoms with Crippen LogP contribution in [0.25, 0.3) is 0 Å². The van der Waals surface area contributed by atoms with E-state index < -0.39 is 0 Å². The minimum absolute atomic E-state index is 0.207. The van der Waals surface area contributed by atoms with Gasteiger partial charge in [0.2, 0.25) is 0 Å². The van der Waals surface area contributed by atoms with Gasteiger partial charge in [0.25, 0.3) is 0 Å². The van der Waals surface area contributed by atoms with E-state index in [4.69, 9.17) is 0 Å². The highest BCUT2D eigenvalue weighted by molar-refractivity contribution is 5.14. The van der Waals surface area contributed by atoms with Crippen molar-refractivity contribution in [2.75, 3.05) is 0 Å². The number of nitrogens with zero attached hydrogens (tertiary/aromatic N) is 2. The fraction of sp³-hybridized carbons (Fsp3) is 0.438. The highest BCUT2D eigenvalue weighted by Crippen LogP contribution is 2.21. The second-order valence-electron chi connectivity index (χ2n) is 6.04. The van der Waals surface area contributed by atoms with Crippen molar-refractivity contribution in [1.29, 1.82) is 0 Å². The summed E-state index contributed by atoms with van der Waals surface area (Å²) < 4.78 is 2.13. The lowest BCUT2D eigenvalue weighted by Gasteiger charge is -2.32. The van der Waals surface area contributed by atoms with Crippen LogP contribution in [0.4, 0.5) is 0 Å². The second-order valence-corrected chi connectivity index (χ2v) is 6.04. The lowest BCUT2D eigenvalue weighted by Crippen LogP contribution is -2.42. The lowest BCUT2D eigenvalue weighted by molar-refractivity contribution is 0.240. The molecule has 0 amide bonds. The summed E-state index contributed by atoms with van der Waals surface area (Å²) >= 11 is 0. The van der Waals surface area contributed by atoms with Gasteiger partial charge in [-0.15, -0.1) is 0 Å². The smallest absolute Gasteiger partial charge is 0.0946 e. The molecule has 2 rings (SSSR count). The van der Waals surface area contributed by atoms with Gasteiger partial charge in [0.1, 0.15) is 0 Å². The molecule has 0 aliphatic heterocycles. The Bertz CT molecular complexity index is 468. The molecule has 0 fully saturated rings. The lowest BCUT2D eigenvalue weighted by atomic mass is 9.86. The van der Waals surface area contributed by atoms with E-state index in [0.717, 1.165) is 13.1 Å². The summed E-state index contributed by atoms with van der Waals surface area (Å²) in [6.45, 7) is 8.65. The Morgan fingerprint density at radius 2 is 1.95 bits per heavy atom. The number of imidazole rings is 1. The van der Waals surface area contributed by atoms with Crippen LogP contribution in [0.2, 0.25) is 0 Å². The molecule has 3 nitrogen and oxygen atoms in total. The first-order valence-corrected chi connectivity index (χ1v) is 6.79. The summed E-state index contributed by atoms with van der Waals surface area (Å²) in [4.78, 5) is 4.11. The maximum Gasteiger partial charge on any atom is 0.0946 e. The van der Waals surface area contributed by atoms with Gasteiger partial charge in [-0.1, -0.05) is 51.1 Å². The molecule has 1 aromatic carbocycles. The first kappa shape index (κ1) is 13.8. The Kier molecular flexibility index (Phi) is 4.38. The van der Waals surface area contributed by atoms with Crippen LogP contribution in [0.3, 0.4) is 0 Å². The first-order chi connectivity index (χ1) is 9.05. The second kappa shape index (κ2) is 6.02. The minimum atomic E-state index is 0.207. The van der Waals surface area contributed by atoms with E-state index in [9.17, 15) is 0 Å². The molecule has 1 heterocycles. The summed E-state index contributed by atoms with van der Waals surface area (Å²) in [7, 11) is 0. The summed E-state index contributed by atoms with van der Waals surface area (Å²) in [6, 6.07) is 10.9. The van der Waals surface area contributed by atoms with Gasteiger partial charge in [-0.05, 0) is 11.0 Å². The number of nitrogens with one attached hydrogen (secondary N) is 1. The van der Waals surface area contributed by atoms with Crippen LogP contribution in [0.15, 0.2) is 49.1 Å². The van der Waals surface area contributed by atoms with Crippen LogP contribution in [-0.4, -0.2) is 15.6 Å². The van der Waals surface area contributed by atoms with E-state index in [2.05, 4.69) is 66.0 Å². The SMILES string of the molecule is CC(C)(C)C(Cn1ccnc1)NCc1ccccc1. The van der Waals surface area contributed by atoms with Crippen molar-refractivity contribution in [2.45, 2.75) is 39.9 Å². The molecule has 0 radical (unpaired) electrons. The fourth-order valence-corrected chi connectivity index (χ4v) is 2.09. The van der Waals surface area contributed by atoms with Gasteiger partial charge in [-0.2, -0.15) is 0 Å². The quantitative estimate of drug-likeness (QED) is 0.892. The Hall–Kier alpha value is -1.61. The molecule has 1 N–H and O–H groups in total. The van der Waals surface area contributed by atoms with E-state index in [1.165, 1.54) is 5.56 Å². The van der Waals surface area contributed by atoms with E-state index in [1.54, 1.807) is 0 Å². The van der Waals surface area contributed by atoms with Crippen molar-refractivity contribution in [3.05, 3.63) is 54.6 Å². The zero-order chi connectivity index (χ0) is 13.7. The predicted molar refractivity (Wildman–Crippen MR) is 78.8 cm³/mol. The van der Waals surface area contributed by atoms with Gasteiger partial charge in [0.05, 0.1) is 6.33 Å². The first-order valence-electron chi connectivity index (χ1n) is 6.79. The standard InChI is InChI=1S/C16H23N3/c1-16(2,3)15(12-19-10-9-17-13-19)18-11-14-7-5-4-6-8-14/h4-10,13,15,18H,11-12H2,1-3H3. The van der Waals surface area contributed by atoms with E-state index in [-0.39, 0.29) is 5.41 Å².